The summed E-state index contributed by atoms with van der Waals surface area (Å²) in [5.41, 5.74) is 3.12. The number of nitrogens with zero attached hydrogens (tertiary/aromatic N) is 4. The molecule has 2 aromatic heterocycles. The van der Waals surface area contributed by atoms with E-state index in [0.29, 0.717) is 42.3 Å². The predicted molar refractivity (Wildman–Crippen MR) is 126 cm³/mol. The first-order chi connectivity index (χ1) is 15.8. The van der Waals surface area contributed by atoms with Gasteiger partial charge in [-0.2, -0.15) is 0 Å². The number of rotatable bonds is 5. The van der Waals surface area contributed by atoms with Crippen molar-refractivity contribution in [2.45, 2.75) is 12.5 Å². The smallest absolute Gasteiger partial charge is 0.255 e. The number of carbonyl (C=O) groups is 2. The van der Waals surface area contributed by atoms with Gasteiger partial charge in [0, 0.05) is 56.5 Å². The fraction of sp³-hybridized carbons (Fsp3) is 0.375. The van der Waals surface area contributed by atoms with Crippen LogP contribution in [0.15, 0.2) is 36.7 Å². The molecule has 3 heterocycles. The number of hydrogen-bond acceptors (Lipinski definition) is 5. The van der Waals surface area contributed by atoms with Crippen LogP contribution in [0.1, 0.15) is 26.3 Å². The number of aryl methyl sites for hydroxylation is 1. The highest BCUT2D eigenvalue weighted by Crippen LogP contribution is 2.27. The van der Waals surface area contributed by atoms with Gasteiger partial charge >= 0.3 is 0 Å². The Kier molecular flexibility index (Phi) is 6.58. The zero-order valence-corrected chi connectivity index (χ0v) is 19.9. The number of carbonyl (C=O) groups excluding carboxylic acids is 2. The van der Waals surface area contributed by atoms with Gasteiger partial charge in [-0.1, -0.05) is 11.6 Å². The second kappa shape index (κ2) is 9.41. The SMILES string of the molecule is COc1ncc(C(=O)N2CCOC[C@@H]2Cc2cn(C)c3ccc(C(=O)N(C)C)cc23)cc1Cl. The van der Waals surface area contributed by atoms with E-state index >= 15 is 0 Å². The molecule has 3 aromatic rings. The molecule has 0 saturated carbocycles. The molecule has 0 aliphatic carbocycles. The summed E-state index contributed by atoms with van der Waals surface area (Å²) in [5, 5.41) is 1.29. The highest BCUT2D eigenvalue weighted by molar-refractivity contribution is 6.32. The topological polar surface area (TPSA) is 76.9 Å². The zero-order chi connectivity index (χ0) is 23.7. The third-order valence-electron chi connectivity index (χ3n) is 5.92. The van der Waals surface area contributed by atoms with Crippen molar-refractivity contribution in [3.63, 3.8) is 0 Å². The van der Waals surface area contributed by atoms with Crippen LogP contribution in [0.3, 0.4) is 0 Å². The zero-order valence-electron chi connectivity index (χ0n) is 19.2. The molecule has 1 atom stereocenters. The van der Waals surface area contributed by atoms with Crippen LogP contribution in [-0.4, -0.2) is 78.2 Å². The first-order valence-electron chi connectivity index (χ1n) is 10.7. The largest absolute Gasteiger partial charge is 0.480 e. The summed E-state index contributed by atoms with van der Waals surface area (Å²) >= 11 is 6.19. The molecular weight excluding hydrogens is 444 g/mol. The Morgan fingerprint density at radius 2 is 2.06 bits per heavy atom. The van der Waals surface area contributed by atoms with Gasteiger partial charge in [0.15, 0.2) is 0 Å². The average molecular weight is 471 g/mol. The second-order valence-corrected chi connectivity index (χ2v) is 8.75. The number of morpholine rings is 1. The predicted octanol–water partition coefficient (Wildman–Crippen LogP) is 3.02. The Morgan fingerprint density at radius 1 is 1.27 bits per heavy atom. The number of aromatic nitrogens is 2. The van der Waals surface area contributed by atoms with E-state index in [-0.39, 0.29) is 23.7 Å². The summed E-state index contributed by atoms with van der Waals surface area (Å²) in [5.74, 6) is 0.0861. The molecule has 0 spiro atoms. The molecular formula is C24H27ClN4O4. The van der Waals surface area contributed by atoms with Gasteiger partial charge in [-0.05, 0) is 36.2 Å². The summed E-state index contributed by atoms with van der Waals surface area (Å²) < 4.78 is 12.9. The van der Waals surface area contributed by atoms with Gasteiger partial charge in [0.25, 0.3) is 11.8 Å². The maximum atomic E-state index is 13.3. The molecule has 9 heteroatoms. The van der Waals surface area contributed by atoms with E-state index in [9.17, 15) is 9.59 Å². The van der Waals surface area contributed by atoms with Crippen molar-refractivity contribution in [2.24, 2.45) is 7.05 Å². The Bertz CT molecular complexity index is 1210. The first-order valence-corrected chi connectivity index (χ1v) is 11.1. The highest BCUT2D eigenvalue weighted by atomic mass is 35.5. The highest BCUT2D eigenvalue weighted by Gasteiger charge is 2.30. The molecule has 0 N–H and O–H groups in total. The van der Waals surface area contributed by atoms with Crippen molar-refractivity contribution in [2.75, 3.05) is 41.0 Å². The number of ether oxygens (including phenoxy) is 2. The summed E-state index contributed by atoms with van der Waals surface area (Å²) in [6.07, 6.45) is 4.13. The summed E-state index contributed by atoms with van der Waals surface area (Å²) in [6.45, 7) is 1.37. The molecule has 1 aromatic carbocycles. The Hall–Kier alpha value is -3.10. The summed E-state index contributed by atoms with van der Waals surface area (Å²) in [6, 6.07) is 7.15. The van der Waals surface area contributed by atoms with Crippen LogP contribution in [0.25, 0.3) is 10.9 Å². The maximum Gasteiger partial charge on any atom is 0.255 e. The number of pyridine rings is 1. The molecule has 2 amide bonds. The van der Waals surface area contributed by atoms with E-state index in [2.05, 4.69) is 11.2 Å². The van der Waals surface area contributed by atoms with E-state index in [0.717, 1.165) is 16.5 Å². The molecule has 0 radical (unpaired) electrons. The van der Waals surface area contributed by atoms with Crippen LogP contribution in [0.5, 0.6) is 5.88 Å². The van der Waals surface area contributed by atoms with Gasteiger partial charge in [0.2, 0.25) is 5.88 Å². The van der Waals surface area contributed by atoms with Crippen molar-refractivity contribution in [3.05, 3.63) is 58.4 Å². The van der Waals surface area contributed by atoms with Crippen molar-refractivity contribution in [1.82, 2.24) is 19.4 Å². The van der Waals surface area contributed by atoms with Gasteiger partial charge in [0.1, 0.15) is 5.02 Å². The molecule has 1 aliphatic rings. The first kappa shape index (κ1) is 23.1. The average Bonchev–Trinajstić information content (AvgIpc) is 3.12. The lowest BCUT2D eigenvalue weighted by Gasteiger charge is -2.35. The Morgan fingerprint density at radius 3 is 2.76 bits per heavy atom. The van der Waals surface area contributed by atoms with Crippen molar-refractivity contribution >= 4 is 34.3 Å². The molecule has 1 aliphatic heterocycles. The standard InChI is InChI=1S/C24H27ClN4O4/c1-27(2)23(30)15-5-6-21-19(10-15)17(13-28(21)3)9-18-14-33-8-7-29(18)24(31)16-11-20(25)22(32-4)26-12-16/h5-6,10-13,18H,7-9,14H2,1-4H3/t18-/m0/s1. The van der Waals surface area contributed by atoms with E-state index in [1.165, 1.54) is 13.3 Å². The third-order valence-corrected chi connectivity index (χ3v) is 6.19. The normalized spacial score (nSPS) is 16.2. The van der Waals surface area contributed by atoms with Crippen LogP contribution >= 0.6 is 11.6 Å². The summed E-state index contributed by atoms with van der Waals surface area (Å²) in [7, 11) is 6.93. The van der Waals surface area contributed by atoms with Gasteiger partial charge < -0.3 is 23.8 Å². The van der Waals surface area contributed by atoms with Gasteiger partial charge in [-0.25, -0.2) is 4.98 Å². The molecule has 174 valence electrons. The van der Waals surface area contributed by atoms with Crippen LogP contribution in [-0.2, 0) is 18.2 Å². The molecule has 8 nitrogen and oxygen atoms in total. The van der Waals surface area contributed by atoms with E-state index in [1.807, 2.05) is 34.7 Å². The third kappa shape index (κ3) is 4.54. The number of fused-ring (bicyclic) bond motifs is 1. The fourth-order valence-electron chi connectivity index (χ4n) is 4.23. The Balaban J connectivity index is 1.64. The minimum absolute atomic E-state index is 0.0478. The Labute approximate surface area is 197 Å². The minimum atomic E-state index is -0.161. The quantitative estimate of drug-likeness (QED) is 0.573. The number of hydrogen-bond donors (Lipinski definition) is 0. The number of halogens is 1. The molecule has 0 bridgehead atoms. The number of amides is 2. The lowest BCUT2D eigenvalue weighted by Crippen LogP contribution is -2.49. The van der Waals surface area contributed by atoms with Crippen LogP contribution in [0.4, 0.5) is 0 Å². The van der Waals surface area contributed by atoms with E-state index in [4.69, 9.17) is 21.1 Å². The van der Waals surface area contributed by atoms with Gasteiger partial charge in [-0.3, -0.25) is 9.59 Å². The van der Waals surface area contributed by atoms with Crippen molar-refractivity contribution in [3.8, 4) is 5.88 Å². The molecule has 1 fully saturated rings. The van der Waals surface area contributed by atoms with Crippen molar-refractivity contribution < 1.29 is 19.1 Å². The molecule has 0 unspecified atom stereocenters. The number of benzene rings is 1. The van der Waals surface area contributed by atoms with Gasteiger partial charge in [0.05, 0.1) is 31.9 Å². The maximum absolute atomic E-state index is 13.3. The van der Waals surface area contributed by atoms with Crippen LogP contribution in [0.2, 0.25) is 5.02 Å². The van der Waals surface area contributed by atoms with E-state index < -0.39 is 0 Å². The van der Waals surface area contributed by atoms with Gasteiger partial charge in [-0.15, -0.1) is 0 Å². The second-order valence-electron chi connectivity index (χ2n) is 8.34. The lowest BCUT2D eigenvalue weighted by atomic mass is 10.0. The molecule has 4 rings (SSSR count). The monoisotopic (exact) mass is 470 g/mol. The molecule has 33 heavy (non-hydrogen) atoms. The minimum Gasteiger partial charge on any atom is -0.480 e. The fourth-order valence-corrected chi connectivity index (χ4v) is 4.47. The lowest BCUT2D eigenvalue weighted by molar-refractivity contribution is -0.00158. The van der Waals surface area contributed by atoms with Crippen LogP contribution in [0, 0.1) is 0 Å². The number of methoxy groups -OCH3 is 1. The van der Waals surface area contributed by atoms with E-state index in [1.54, 1.807) is 25.1 Å². The summed E-state index contributed by atoms with van der Waals surface area (Å²) in [4.78, 5) is 33.3. The van der Waals surface area contributed by atoms with Crippen molar-refractivity contribution in [1.29, 1.82) is 0 Å². The van der Waals surface area contributed by atoms with Crippen LogP contribution < -0.4 is 4.74 Å². The molecule has 1 saturated heterocycles.